The summed E-state index contributed by atoms with van der Waals surface area (Å²) < 4.78 is 0. The topological polar surface area (TPSA) is 76.1 Å². The van der Waals surface area contributed by atoms with Gasteiger partial charge in [0.05, 0.1) is 0 Å². The van der Waals surface area contributed by atoms with E-state index in [0.717, 1.165) is 74.5 Å². The van der Waals surface area contributed by atoms with Gasteiger partial charge in [0.1, 0.15) is 0 Å². The van der Waals surface area contributed by atoms with E-state index >= 15 is 0 Å². The Morgan fingerprint density at radius 2 is 1.50 bits per heavy atom. The van der Waals surface area contributed by atoms with Gasteiger partial charge in [0, 0.05) is 0 Å². The molecule has 0 saturated heterocycles. The average molecular weight is 309 g/mol. The lowest BCUT2D eigenvalue weighted by Crippen LogP contribution is -2.36. The summed E-state index contributed by atoms with van der Waals surface area (Å²) in [5, 5.41) is 7.38. The van der Waals surface area contributed by atoms with E-state index in [1.807, 2.05) is 0 Å². The van der Waals surface area contributed by atoms with Gasteiger partial charge in [-0.15, -0.1) is 0 Å². The first-order valence-electron chi connectivity index (χ1n) is 9.66. The number of nitrogens with two attached hydrogens (primary N) is 2. The van der Waals surface area contributed by atoms with Crippen LogP contribution in [0.15, 0.2) is 0 Å². The molecule has 3 aliphatic rings. The molecule has 0 heterocycles. The molecule has 0 radical (unpaired) electrons. The Bertz CT molecular complexity index is 335. The molecule has 0 spiro atoms. The number of fused-ring (bicyclic) bond motifs is 5. The van der Waals surface area contributed by atoms with E-state index in [-0.39, 0.29) is 0 Å². The van der Waals surface area contributed by atoms with Crippen LogP contribution in [0.3, 0.4) is 0 Å². The number of nitrogens with one attached hydrogen (secondary N) is 2. The zero-order chi connectivity index (χ0) is 15.4. The Balaban J connectivity index is 1.53. The molecular weight excluding hydrogens is 272 g/mol. The Labute approximate surface area is 136 Å². The summed E-state index contributed by atoms with van der Waals surface area (Å²) in [7, 11) is 0. The average Bonchev–Trinajstić information content (AvgIpc) is 3.20. The Morgan fingerprint density at radius 1 is 0.818 bits per heavy atom. The van der Waals surface area contributed by atoms with Crippen LogP contribution in [0.4, 0.5) is 0 Å². The summed E-state index contributed by atoms with van der Waals surface area (Å²) in [6.07, 6.45) is 8.26. The second-order valence-electron chi connectivity index (χ2n) is 7.93. The van der Waals surface area contributed by atoms with Crippen LogP contribution >= 0.6 is 0 Å². The highest BCUT2D eigenvalue weighted by atomic mass is 14.9. The minimum absolute atomic E-state index is 0.803. The van der Waals surface area contributed by atoms with Crippen LogP contribution in [-0.2, 0) is 0 Å². The molecule has 0 aromatic carbocycles. The van der Waals surface area contributed by atoms with Gasteiger partial charge in [-0.1, -0.05) is 0 Å². The van der Waals surface area contributed by atoms with Crippen LogP contribution in [0.25, 0.3) is 0 Å². The van der Waals surface area contributed by atoms with Gasteiger partial charge in [-0.2, -0.15) is 0 Å². The first kappa shape index (κ1) is 16.7. The highest BCUT2D eigenvalue weighted by Crippen LogP contribution is 2.62. The van der Waals surface area contributed by atoms with E-state index in [1.54, 1.807) is 6.42 Å². The van der Waals surface area contributed by atoms with Crippen molar-refractivity contribution in [3.05, 3.63) is 0 Å². The van der Waals surface area contributed by atoms with E-state index in [4.69, 9.17) is 11.5 Å². The molecule has 0 aromatic rings. The predicted octanol–water partition coefficient (Wildman–Crippen LogP) is 1.16. The molecule has 0 aliphatic heterocycles. The zero-order valence-corrected chi connectivity index (χ0v) is 14.1. The molecule has 4 nitrogen and oxygen atoms in total. The van der Waals surface area contributed by atoms with Crippen LogP contribution in [-0.4, -0.2) is 39.3 Å². The predicted molar refractivity (Wildman–Crippen MR) is 92.5 cm³/mol. The second kappa shape index (κ2) is 8.09. The third-order valence-electron chi connectivity index (χ3n) is 6.73. The van der Waals surface area contributed by atoms with Gasteiger partial charge >= 0.3 is 0 Å². The van der Waals surface area contributed by atoms with Crippen molar-refractivity contribution in [2.45, 2.75) is 38.5 Å². The summed E-state index contributed by atoms with van der Waals surface area (Å²) in [6.45, 7) is 6.20. The van der Waals surface area contributed by atoms with Crippen LogP contribution in [0.5, 0.6) is 0 Å². The fraction of sp³-hybridized carbons (Fsp3) is 1.00. The zero-order valence-electron chi connectivity index (χ0n) is 14.1. The van der Waals surface area contributed by atoms with Gasteiger partial charge in [-0.3, -0.25) is 0 Å². The van der Waals surface area contributed by atoms with Crippen molar-refractivity contribution in [1.82, 2.24) is 10.6 Å². The standard InChI is InChI=1S/C18H36N4/c19-5-1-7-21-11-15-10-16-13-3-4-14(9-13)18(16)17(15)12-22-8-2-6-20/h13-18,21-22H,1-12,19-20H2. The van der Waals surface area contributed by atoms with Gasteiger partial charge in [0.25, 0.3) is 0 Å². The largest absolute Gasteiger partial charge is 0.330 e. The highest BCUT2D eigenvalue weighted by Gasteiger charge is 2.55. The van der Waals surface area contributed by atoms with Crippen LogP contribution in [0.1, 0.15) is 38.5 Å². The molecule has 6 unspecified atom stereocenters. The monoisotopic (exact) mass is 308 g/mol. The molecule has 3 rings (SSSR count). The minimum atomic E-state index is 0.803. The molecule has 6 atom stereocenters. The van der Waals surface area contributed by atoms with Gasteiger partial charge in [-0.05, 0) is 113 Å². The molecule has 0 aromatic heterocycles. The highest BCUT2D eigenvalue weighted by molar-refractivity contribution is 5.05. The molecular formula is C18H36N4. The molecule has 3 saturated carbocycles. The van der Waals surface area contributed by atoms with E-state index in [0.29, 0.717) is 0 Å². The maximum atomic E-state index is 5.62. The van der Waals surface area contributed by atoms with E-state index in [9.17, 15) is 0 Å². The summed E-state index contributed by atoms with van der Waals surface area (Å²) in [5.74, 6) is 5.94. The summed E-state index contributed by atoms with van der Waals surface area (Å²) in [5.41, 5.74) is 11.2. The Hall–Kier alpha value is -0.160. The van der Waals surface area contributed by atoms with Gasteiger partial charge in [0.2, 0.25) is 0 Å². The minimum Gasteiger partial charge on any atom is -0.330 e. The van der Waals surface area contributed by atoms with E-state index in [1.165, 1.54) is 32.4 Å². The number of hydrogen-bond acceptors (Lipinski definition) is 4. The molecule has 4 heteroatoms. The van der Waals surface area contributed by atoms with Crippen molar-refractivity contribution in [1.29, 1.82) is 0 Å². The molecule has 3 aliphatic carbocycles. The maximum absolute atomic E-state index is 5.62. The molecule has 2 bridgehead atoms. The first-order chi connectivity index (χ1) is 10.8. The van der Waals surface area contributed by atoms with Crippen molar-refractivity contribution in [3.8, 4) is 0 Å². The van der Waals surface area contributed by atoms with Crippen molar-refractivity contribution >= 4 is 0 Å². The summed E-state index contributed by atoms with van der Waals surface area (Å²) in [6, 6.07) is 0. The Kier molecular flexibility index (Phi) is 6.14. The van der Waals surface area contributed by atoms with Crippen LogP contribution < -0.4 is 22.1 Å². The van der Waals surface area contributed by atoms with Crippen molar-refractivity contribution in [3.63, 3.8) is 0 Å². The van der Waals surface area contributed by atoms with Crippen molar-refractivity contribution in [2.75, 3.05) is 39.3 Å². The molecule has 128 valence electrons. The second-order valence-corrected chi connectivity index (χ2v) is 7.93. The lowest BCUT2D eigenvalue weighted by atomic mass is 9.77. The quantitative estimate of drug-likeness (QED) is 0.457. The fourth-order valence-corrected chi connectivity index (χ4v) is 5.86. The van der Waals surface area contributed by atoms with Gasteiger partial charge in [-0.25, -0.2) is 0 Å². The molecule has 22 heavy (non-hydrogen) atoms. The third-order valence-corrected chi connectivity index (χ3v) is 6.73. The summed E-state index contributed by atoms with van der Waals surface area (Å²) in [4.78, 5) is 0. The van der Waals surface area contributed by atoms with Gasteiger partial charge in [0.15, 0.2) is 0 Å². The molecule has 6 N–H and O–H groups in total. The Morgan fingerprint density at radius 3 is 2.23 bits per heavy atom. The number of hydrogen-bond donors (Lipinski definition) is 4. The van der Waals surface area contributed by atoms with Crippen LogP contribution in [0.2, 0.25) is 0 Å². The summed E-state index contributed by atoms with van der Waals surface area (Å²) >= 11 is 0. The molecule has 3 fully saturated rings. The number of rotatable bonds is 10. The molecule has 0 amide bonds. The fourth-order valence-electron chi connectivity index (χ4n) is 5.86. The van der Waals surface area contributed by atoms with Gasteiger partial charge < -0.3 is 22.1 Å². The third kappa shape index (κ3) is 3.50. The lowest BCUT2D eigenvalue weighted by molar-refractivity contribution is 0.196. The van der Waals surface area contributed by atoms with E-state index in [2.05, 4.69) is 10.6 Å². The van der Waals surface area contributed by atoms with Crippen molar-refractivity contribution in [2.24, 2.45) is 47.0 Å². The smallest absolute Gasteiger partial charge is 0.00145 e. The maximum Gasteiger partial charge on any atom is -0.00145 e. The first-order valence-corrected chi connectivity index (χ1v) is 9.66. The van der Waals surface area contributed by atoms with E-state index < -0.39 is 0 Å². The normalized spacial score (nSPS) is 39.5. The van der Waals surface area contributed by atoms with Crippen LogP contribution in [0, 0.1) is 35.5 Å². The van der Waals surface area contributed by atoms with Crippen molar-refractivity contribution < 1.29 is 0 Å². The lowest BCUT2D eigenvalue weighted by Gasteiger charge is -2.31. The SMILES string of the molecule is NCCCNCC1CC2C3CCC(C3)C2C1CNCCCN.